The van der Waals surface area contributed by atoms with Crippen LogP contribution in [0.5, 0.6) is 0 Å². The molecule has 8 heteroatoms. The first-order chi connectivity index (χ1) is 11.8. The second-order valence-corrected chi connectivity index (χ2v) is 5.39. The Labute approximate surface area is 139 Å². The van der Waals surface area contributed by atoms with Gasteiger partial charge in [0, 0.05) is 18.7 Å². The summed E-state index contributed by atoms with van der Waals surface area (Å²) in [6.45, 7) is 2.66. The zero-order chi connectivity index (χ0) is 16.8. The van der Waals surface area contributed by atoms with E-state index in [1.54, 1.807) is 7.05 Å². The van der Waals surface area contributed by atoms with Crippen LogP contribution in [0.3, 0.4) is 0 Å². The maximum absolute atomic E-state index is 11.9. The fourth-order valence-corrected chi connectivity index (χ4v) is 2.38. The topological polar surface area (TPSA) is 104 Å². The number of amidine groups is 1. The molecule has 24 heavy (non-hydrogen) atoms. The van der Waals surface area contributed by atoms with Crippen molar-refractivity contribution in [2.24, 2.45) is 4.99 Å². The van der Waals surface area contributed by atoms with Gasteiger partial charge in [-0.25, -0.2) is 0 Å². The van der Waals surface area contributed by atoms with Gasteiger partial charge >= 0.3 is 11.8 Å². The molecule has 0 fully saturated rings. The zero-order valence-corrected chi connectivity index (χ0v) is 13.5. The Kier molecular flexibility index (Phi) is 5.17. The lowest BCUT2D eigenvalue weighted by molar-refractivity contribution is 0.0917. The average Bonchev–Trinajstić information content (AvgIpc) is 3.27. The number of rotatable bonds is 7. The summed E-state index contributed by atoms with van der Waals surface area (Å²) in [7, 11) is 1.77. The van der Waals surface area contributed by atoms with E-state index in [1.165, 1.54) is 0 Å². The van der Waals surface area contributed by atoms with Gasteiger partial charge in [-0.05, 0) is 19.0 Å². The summed E-state index contributed by atoms with van der Waals surface area (Å²) in [5, 5.41) is 16.4. The summed E-state index contributed by atoms with van der Waals surface area (Å²) >= 11 is 0. The molecule has 1 aromatic carbocycles. The van der Waals surface area contributed by atoms with Gasteiger partial charge in [0.15, 0.2) is 0 Å². The number of carbonyl (C=O) groups is 1. The number of carbonyl (C=O) groups excluding carboxylic acids is 1. The Morgan fingerprint density at radius 1 is 1.29 bits per heavy atom. The second kappa shape index (κ2) is 7.69. The van der Waals surface area contributed by atoms with Crippen molar-refractivity contribution in [1.29, 1.82) is 0 Å². The van der Waals surface area contributed by atoms with Gasteiger partial charge in [0.05, 0.1) is 13.1 Å². The third kappa shape index (κ3) is 3.96. The van der Waals surface area contributed by atoms with Crippen molar-refractivity contribution in [3.63, 3.8) is 0 Å². The van der Waals surface area contributed by atoms with Crippen molar-refractivity contribution >= 4 is 11.7 Å². The second-order valence-electron chi connectivity index (χ2n) is 5.39. The standard InChI is InChI=1S/C16H20N6O2/c1-17-10-13-21-22-16(24-13)15(23)20-7-6-11-2-4-12(5-3-11)14-18-8-9-19-14/h2-5,17H,6-10H2,1H3,(H,18,19)(H,20,23). The Morgan fingerprint density at radius 3 is 2.83 bits per heavy atom. The largest absolute Gasteiger partial charge is 0.415 e. The smallest absolute Gasteiger partial charge is 0.308 e. The molecule has 0 saturated heterocycles. The number of amides is 1. The molecule has 1 aliphatic heterocycles. The van der Waals surface area contributed by atoms with Gasteiger partial charge < -0.3 is 20.4 Å². The molecule has 8 nitrogen and oxygen atoms in total. The van der Waals surface area contributed by atoms with Crippen molar-refractivity contribution in [1.82, 2.24) is 26.1 Å². The number of aromatic nitrogens is 2. The minimum absolute atomic E-state index is 0.0130. The summed E-state index contributed by atoms with van der Waals surface area (Å²) in [5.41, 5.74) is 2.22. The van der Waals surface area contributed by atoms with Crippen LogP contribution in [0.15, 0.2) is 33.7 Å². The SMILES string of the molecule is CNCc1nnc(C(=O)NCCc2ccc(C3=NCCN3)cc2)o1. The fourth-order valence-electron chi connectivity index (χ4n) is 2.38. The Hall–Kier alpha value is -2.74. The molecule has 0 spiro atoms. The quantitative estimate of drug-likeness (QED) is 0.666. The molecule has 2 heterocycles. The Bertz CT molecular complexity index is 722. The minimum Gasteiger partial charge on any atom is -0.415 e. The van der Waals surface area contributed by atoms with E-state index in [0.29, 0.717) is 19.0 Å². The lowest BCUT2D eigenvalue weighted by Crippen LogP contribution is -2.26. The van der Waals surface area contributed by atoms with E-state index < -0.39 is 0 Å². The summed E-state index contributed by atoms with van der Waals surface area (Å²) in [5.74, 6) is 0.970. The molecule has 0 aliphatic carbocycles. The van der Waals surface area contributed by atoms with Gasteiger partial charge in [-0.15, -0.1) is 10.2 Å². The van der Waals surface area contributed by atoms with Crippen molar-refractivity contribution in [2.75, 3.05) is 26.7 Å². The van der Waals surface area contributed by atoms with Crippen LogP contribution in [0.2, 0.25) is 0 Å². The third-order valence-electron chi connectivity index (χ3n) is 3.59. The molecule has 126 valence electrons. The molecule has 0 atom stereocenters. The molecule has 1 aromatic heterocycles. The van der Waals surface area contributed by atoms with Gasteiger partial charge in [-0.2, -0.15) is 0 Å². The van der Waals surface area contributed by atoms with Crippen LogP contribution in [-0.2, 0) is 13.0 Å². The van der Waals surface area contributed by atoms with Crippen molar-refractivity contribution in [3.8, 4) is 0 Å². The first-order valence-electron chi connectivity index (χ1n) is 7.89. The molecule has 1 aliphatic rings. The van der Waals surface area contributed by atoms with Gasteiger partial charge in [0.25, 0.3) is 0 Å². The number of benzene rings is 1. The normalized spacial score (nSPS) is 13.5. The zero-order valence-electron chi connectivity index (χ0n) is 13.5. The molecule has 3 N–H and O–H groups in total. The van der Waals surface area contributed by atoms with Crippen molar-refractivity contribution in [3.05, 3.63) is 47.2 Å². The number of nitrogens with one attached hydrogen (secondary N) is 3. The average molecular weight is 328 g/mol. The summed E-state index contributed by atoms with van der Waals surface area (Å²) < 4.78 is 5.24. The highest BCUT2D eigenvalue weighted by atomic mass is 16.4. The van der Waals surface area contributed by atoms with E-state index in [0.717, 1.165) is 36.5 Å². The third-order valence-corrected chi connectivity index (χ3v) is 3.59. The van der Waals surface area contributed by atoms with E-state index in [-0.39, 0.29) is 11.8 Å². The summed E-state index contributed by atoms with van der Waals surface area (Å²) in [6, 6.07) is 8.16. The van der Waals surface area contributed by atoms with E-state index in [4.69, 9.17) is 4.42 Å². The van der Waals surface area contributed by atoms with E-state index in [9.17, 15) is 4.79 Å². The highest BCUT2D eigenvalue weighted by Gasteiger charge is 2.14. The van der Waals surface area contributed by atoms with E-state index >= 15 is 0 Å². The molecule has 3 rings (SSSR count). The molecule has 1 amide bonds. The number of hydrogen-bond donors (Lipinski definition) is 3. The van der Waals surface area contributed by atoms with E-state index in [1.807, 2.05) is 24.3 Å². The minimum atomic E-state index is -0.356. The molecule has 0 radical (unpaired) electrons. The molecular weight excluding hydrogens is 308 g/mol. The van der Waals surface area contributed by atoms with Crippen LogP contribution in [0.4, 0.5) is 0 Å². The highest BCUT2D eigenvalue weighted by molar-refractivity contribution is 5.99. The van der Waals surface area contributed by atoms with Crippen molar-refractivity contribution in [2.45, 2.75) is 13.0 Å². The fraction of sp³-hybridized carbons (Fsp3) is 0.375. The number of nitrogens with zero attached hydrogens (tertiary/aromatic N) is 3. The van der Waals surface area contributed by atoms with Gasteiger partial charge in [-0.1, -0.05) is 24.3 Å². The number of aliphatic imine (C=N–C) groups is 1. The summed E-state index contributed by atoms with van der Waals surface area (Å²) in [4.78, 5) is 16.3. The summed E-state index contributed by atoms with van der Waals surface area (Å²) in [6.07, 6.45) is 0.726. The molecule has 0 unspecified atom stereocenters. The first kappa shape index (κ1) is 16.1. The van der Waals surface area contributed by atoms with E-state index in [2.05, 4.69) is 31.1 Å². The van der Waals surface area contributed by atoms with Gasteiger partial charge in [0.1, 0.15) is 5.84 Å². The molecular formula is C16H20N6O2. The number of hydrogen-bond acceptors (Lipinski definition) is 7. The van der Waals surface area contributed by atoms with Gasteiger partial charge in [-0.3, -0.25) is 9.79 Å². The first-order valence-corrected chi connectivity index (χ1v) is 7.89. The van der Waals surface area contributed by atoms with Crippen LogP contribution >= 0.6 is 0 Å². The van der Waals surface area contributed by atoms with Gasteiger partial charge in [0.2, 0.25) is 5.89 Å². The lowest BCUT2D eigenvalue weighted by Gasteiger charge is -2.05. The monoisotopic (exact) mass is 328 g/mol. The maximum atomic E-state index is 11.9. The Balaban J connectivity index is 1.47. The van der Waals surface area contributed by atoms with Crippen LogP contribution < -0.4 is 16.0 Å². The van der Waals surface area contributed by atoms with Crippen molar-refractivity contribution < 1.29 is 9.21 Å². The van der Waals surface area contributed by atoms with Crippen LogP contribution in [0.1, 0.15) is 27.7 Å². The van der Waals surface area contributed by atoms with Crippen LogP contribution in [-0.4, -0.2) is 48.6 Å². The highest BCUT2D eigenvalue weighted by Crippen LogP contribution is 2.07. The predicted octanol–water partition coefficient (Wildman–Crippen LogP) is 0.111. The Morgan fingerprint density at radius 2 is 2.12 bits per heavy atom. The lowest BCUT2D eigenvalue weighted by atomic mass is 10.1. The molecule has 0 saturated carbocycles. The maximum Gasteiger partial charge on any atom is 0.308 e. The predicted molar refractivity (Wildman–Crippen MR) is 88.9 cm³/mol. The van der Waals surface area contributed by atoms with Crippen LogP contribution in [0, 0.1) is 0 Å². The molecule has 0 bridgehead atoms. The van der Waals surface area contributed by atoms with Crippen LogP contribution in [0.25, 0.3) is 0 Å². The molecule has 2 aromatic rings.